The average Bonchev–Trinajstić information content (AvgIpc) is 3.00. The molecule has 1 heterocycles. The fraction of sp³-hybridized carbons (Fsp3) is 0.316. The van der Waals surface area contributed by atoms with Crippen LogP contribution < -0.4 is 10.0 Å². The minimum atomic E-state index is -3.64. The van der Waals surface area contributed by atoms with Crippen molar-refractivity contribution in [3.8, 4) is 0 Å². The van der Waals surface area contributed by atoms with Gasteiger partial charge in [0, 0.05) is 37.5 Å². The van der Waals surface area contributed by atoms with Crippen molar-refractivity contribution in [1.82, 2.24) is 10.0 Å². The molecule has 25 heavy (non-hydrogen) atoms. The highest BCUT2D eigenvalue weighted by molar-refractivity contribution is 7.89. The predicted molar refractivity (Wildman–Crippen MR) is 95.2 cm³/mol. The van der Waals surface area contributed by atoms with Crippen LogP contribution in [0.25, 0.3) is 0 Å². The van der Waals surface area contributed by atoms with Gasteiger partial charge in [0.15, 0.2) is 5.78 Å². The molecule has 1 unspecified atom stereocenters. The highest BCUT2D eigenvalue weighted by Crippen LogP contribution is 2.26. The van der Waals surface area contributed by atoms with E-state index in [1.807, 2.05) is 12.1 Å². The van der Waals surface area contributed by atoms with Crippen LogP contribution in [0.3, 0.4) is 0 Å². The number of carbonyl (C=O) groups excluding carboxylic acids is 1. The Balaban J connectivity index is 1.53. The molecule has 1 atom stereocenters. The van der Waals surface area contributed by atoms with Gasteiger partial charge < -0.3 is 5.32 Å². The van der Waals surface area contributed by atoms with Crippen molar-refractivity contribution in [1.29, 1.82) is 0 Å². The Morgan fingerprint density at radius 1 is 1.08 bits per heavy atom. The summed E-state index contributed by atoms with van der Waals surface area (Å²) in [5, 5.41) is 3.33. The van der Waals surface area contributed by atoms with Crippen LogP contribution in [-0.2, 0) is 23.0 Å². The molecule has 5 nitrogen and oxygen atoms in total. The van der Waals surface area contributed by atoms with Crippen molar-refractivity contribution in [2.45, 2.75) is 30.2 Å². The molecular weight excluding hydrogens is 336 g/mol. The standard InChI is InChI=1S/C19H20N2O3S/c22-19-8-6-13-5-7-16(9-18(13)19)25(23,24)21-12-15-11-20-10-14-3-1-2-4-17(14)15/h1-5,7,9,15,20-21H,6,8,10-12H2. The number of nitrogens with one attached hydrogen (secondary N) is 2. The molecule has 0 amide bonds. The third-order valence-electron chi connectivity index (χ3n) is 5.03. The zero-order valence-electron chi connectivity index (χ0n) is 13.8. The fourth-order valence-electron chi connectivity index (χ4n) is 3.64. The average molecular weight is 356 g/mol. The Bertz CT molecular complexity index is 937. The summed E-state index contributed by atoms with van der Waals surface area (Å²) >= 11 is 0. The van der Waals surface area contributed by atoms with E-state index < -0.39 is 10.0 Å². The second kappa shape index (κ2) is 6.37. The molecule has 6 heteroatoms. The lowest BCUT2D eigenvalue weighted by molar-refractivity contribution is 0.0994. The fourth-order valence-corrected chi connectivity index (χ4v) is 4.75. The zero-order valence-corrected chi connectivity index (χ0v) is 14.6. The SMILES string of the molecule is O=C1CCc2ccc(S(=O)(=O)NCC3CNCc4ccccc43)cc21. The van der Waals surface area contributed by atoms with E-state index in [4.69, 9.17) is 0 Å². The van der Waals surface area contributed by atoms with Gasteiger partial charge in [0.25, 0.3) is 0 Å². The number of aryl methyl sites for hydroxylation is 1. The van der Waals surface area contributed by atoms with Crippen LogP contribution >= 0.6 is 0 Å². The van der Waals surface area contributed by atoms with Gasteiger partial charge in [-0.2, -0.15) is 0 Å². The quantitative estimate of drug-likeness (QED) is 0.878. The summed E-state index contributed by atoms with van der Waals surface area (Å²) in [6.07, 6.45) is 1.17. The first-order valence-corrected chi connectivity index (χ1v) is 9.97. The molecule has 4 rings (SSSR count). The number of fused-ring (bicyclic) bond motifs is 2. The van der Waals surface area contributed by atoms with Crippen LogP contribution in [0.2, 0.25) is 0 Å². The largest absolute Gasteiger partial charge is 0.312 e. The first-order chi connectivity index (χ1) is 12.0. The minimum absolute atomic E-state index is 0.0254. The molecule has 2 aromatic rings. The molecule has 130 valence electrons. The van der Waals surface area contributed by atoms with Crippen molar-refractivity contribution in [2.24, 2.45) is 0 Å². The van der Waals surface area contributed by atoms with Gasteiger partial charge in [0.1, 0.15) is 0 Å². The van der Waals surface area contributed by atoms with E-state index in [9.17, 15) is 13.2 Å². The van der Waals surface area contributed by atoms with E-state index in [2.05, 4.69) is 22.2 Å². The monoisotopic (exact) mass is 356 g/mol. The number of rotatable bonds is 4. The van der Waals surface area contributed by atoms with Gasteiger partial charge in [-0.15, -0.1) is 0 Å². The Morgan fingerprint density at radius 2 is 1.92 bits per heavy atom. The molecule has 0 bridgehead atoms. The Hall–Kier alpha value is -2.02. The maximum atomic E-state index is 12.7. The van der Waals surface area contributed by atoms with Gasteiger partial charge in [0.05, 0.1) is 4.90 Å². The third kappa shape index (κ3) is 3.13. The molecule has 1 aliphatic heterocycles. The number of ketones is 1. The lowest BCUT2D eigenvalue weighted by Gasteiger charge is -2.26. The molecule has 0 saturated carbocycles. The van der Waals surface area contributed by atoms with Gasteiger partial charge >= 0.3 is 0 Å². The minimum Gasteiger partial charge on any atom is -0.312 e. The van der Waals surface area contributed by atoms with E-state index in [1.54, 1.807) is 12.1 Å². The summed E-state index contributed by atoms with van der Waals surface area (Å²) in [4.78, 5) is 12.0. The zero-order chi connectivity index (χ0) is 17.4. The molecule has 0 spiro atoms. The Morgan fingerprint density at radius 3 is 2.80 bits per heavy atom. The second-order valence-electron chi connectivity index (χ2n) is 6.62. The topological polar surface area (TPSA) is 75.3 Å². The number of hydrogen-bond donors (Lipinski definition) is 2. The maximum absolute atomic E-state index is 12.7. The van der Waals surface area contributed by atoms with E-state index >= 15 is 0 Å². The summed E-state index contributed by atoms with van der Waals surface area (Å²) in [6.45, 7) is 1.88. The van der Waals surface area contributed by atoms with Crippen molar-refractivity contribution >= 4 is 15.8 Å². The first-order valence-electron chi connectivity index (χ1n) is 8.49. The summed E-state index contributed by atoms with van der Waals surface area (Å²) in [5.41, 5.74) is 3.89. The molecule has 1 aliphatic carbocycles. The van der Waals surface area contributed by atoms with Crippen molar-refractivity contribution < 1.29 is 13.2 Å². The summed E-state index contributed by atoms with van der Waals surface area (Å²) in [5.74, 6) is 0.119. The predicted octanol–water partition coefficient (Wildman–Crippen LogP) is 1.98. The van der Waals surface area contributed by atoms with Gasteiger partial charge in [0.2, 0.25) is 10.0 Å². The van der Waals surface area contributed by atoms with Gasteiger partial charge in [-0.1, -0.05) is 30.3 Å². The van der Waals surface area contributed by atoms with Crippen LogP contribution in [-0.4, -0.2) is 27.3 Å². The van der Waals surface area contributed by atoms with Crippen molar-refractivity contribution in [3.63, 3.8) is 0 Å². The smallest absolute Gasteiger partial charge is 0.240 e. The van der Waals surface area contributed by atoms with Crippen LogP contribution in [0.15, 0.2) is 47.4 Å². The van der Waals surface area contributed by atoms with E-state index in [1.165, 1.54) is 17.2 Å². The molecule has 0 aromatic heterocycles. The molecule has 2 aromatic carbocycles. The molecule has 2 N–H and O–H groups in total. The lowest BCUT2D eigenvalue weighted by Crippen LogP contribution is -2.36. The molecule has 0 saturated heterocycles. The Kier molecular flexibility index (Phi) is 4.19. The molecule has 0 fully saturated rings. The number of sulfonamides is 1. The van der Waals surface area contributed by atoms with E-state index in [-0.39, 0.29) is 16.6 Å². The third-order valence-corrected chi connectivity index (χ3v) is 6.46. The highest BCUT2D eigenvalue weighted by Gasteiger charge is 2.25. The van der Waals surface area contributed by atoms with Crippen LogP contribution in [0.5, 0.6) is 0 Å². The summed E-state index contributed by atoms with van der Waals surface area (Å²) in [7, 11) is -3.64. The van der Waals surface area contributed by atoms with E-state index in [0.29, 0.717) is 24.9 Å². The first kappa shape index (κ1) is 16.4. The second-order valence-corrected chi connectivity index (χ2v) is 8.39. The summed E-state index contributed by atoms with van der Waals surface area (Å²) in [6, 6.07) is 13.0. The van der Waals surface area contributed by atoms with Gasteiger partial charge in [-0.05, 0) is 35.2 Å². The summed E-state index contributed by atoms with van der Waals surface area (Å²) < 4.78 is 28.0. The molecule has 0 radical (unpaired) electrons. The van der Waals surface area contributed by atoms with Crippen LogP contribution in [0.1, 0.15) is 39.4 Å². The lowest BCUT2D eigenvalue weighted by atomic mass is 9.91. The van der Waals surface area contributed by atoms with Crippen LogP contribution in [0, 0.1) is 0 Å². The highest BCUT2D eigenvalue weighted by atomic mass is 32.2. The van der Waals surface area contributed by atoms with Crippen molar-refractivity contribution in [2.75, 3.05) is 13.1 Å². The normalized spacial score (nSPS) is 19.5. The van der Waals surface area contributed by atoms with E-state index in [0.717, 1.165) is 18.7 Å². The Labute approximate surface area is 147 Å². The van der Waals surface area contributed by atoms with Gasteiger partial charge in [-0.25, -0.2) is 13.1 Å². The van der Waals surface area contributed by atoms with Crippen molar-refractivity contribution in [3.05, 3.63) is 64.7 Å². The number of carbonyl (C=O) groups is 1. The molecule has 2 aliphatic rings. The van der Waals surface area contributed by atoms with Crippen LogP contribution in [0.4, 0.5) is 0 Å². The maximum Gasteiger partial charge on any atom is 0.240 e. The number of benzene rings is 2. The number of hydrogen-bond acceptors (Lipinski definition) is 4. The molecular formula is C19H20N2O3S. The van der Waals surface area contributed by atoms with Gasteiger partial charge in [-0.3, -0.25) is 4.79 Å². The number of Topliss-reactive ketones (excluding diaryl/α,β-unsaturated/α-hetero) is 1.